The first-order chi connectivity index (χ1) is 12.5. The van der Waals surface area contributed by atoms with Gasteiger partial charge < -0.3 is 9.80 Å². The summed E-state index contributed by atoms with van der Waals surface area (Å²) in [6, 6.07) is 3.06. The molecule has 1 aliphatic heterocycles. The molecule has 1 saturated carbocycles. The normalized spacial score (nSPS) is 18.7. The van der Waals surface area contributed by atoms with E-state index in [1.807, 2.05) is 11.0 Å². The molecule has 0 bridgehead atoms. The third kappa shape index (κ3) is 3.42. The van der Waals surface area contributed by atoms with E-state index in [1.54, 1.807) is 6.33 Å². The van der Waals surface area contributed by atoms with Crippen molar-refractivity contribution in [1.29, 1.82) is 0 Å². The van der Waals surface area contributed by atoms with Gasteiger partial charge in [0.15, 0.2) is 0 Å². The van der Waals surface area contributed by atoms with Crippen molar-refractivity contribution in [3.63, 3.8) is 0 Å². The summed E-state index contributed by atoms with van der Waals surface area (Å²) < 4.78 is 38.5. The standard InChI is InChI=1S/C17H19F3N6/c18-17(19,20)14-9-16(24-11-22-14)26-6-4-25(5-7-26)15-8-13(21-10-23-15)12-2-1-3-12/h8-12H,1-7H2. The van der Waals surface area contributed by atoms with E-state index in [9.17, 15) is 13.2 Å². The highest BCUT2D eigenvalue weighted by atomic mass is 19.4. The lowest BCUT2D eigenvalue weighted by molar-refractivity contribution is -0.141. The average molecular weight is 364 g/mol. The Bertz CT molecular complexity index is 769. The van der Waals surface area contributed by atoms with Crippen LogP contribution in [0.5, 0.6) is 0 Å². The molecule has 2 aromatic heterocycles. The molecule has 0 spiro atoms. The van der Waals surface area contributed by atoms with Crippen molar-refractivity contribution in [2.45, 2.75) is 31.4 Å². The van der Waals surface area contributed by atoms with Gasteiger partial charge in [-0.05, 0) is 12.8 Å². The number of rotatable bonds is 3. The number of aromatic nitrogens is 4. The lowest BCUT2D eigenvalue weighted by Crippen LogP contribution is -2.47. The van der Waals surface area contributed by atoms with Crippen molar-refractivity contribution in [3.05, 3.63) is 36.2 Å². The third-order valence-electron chi connectivity index (χ3n) is 5.07. The van der Waals surface area contributed by atoms with Gasteiger partial charge in [-0.1, -0.05) is 6.42 Å². The Kier molecular flexibility index (Phi) is 4.37. The van der Waals surface area contributed by atoms with E-state index >= 15 is 0 Å². The number of piperazine rings is 1. The quantitative estimate of drug-likeness (QED) is 0.835. The van der Waals surface area contributed by atoms with Crippen LogP contribution >= 0.6 is 0 Å². The van der Waals surface area contributed by atoms with Crippen molar-refractivity contribution in [2.75, 3.05) is 36.0 Å². The van der Waals surface area contributed by atoms with E-state index in [2.05, 4.69) is 24.8 Å². The Morgan fingerprint density at radius 1 is 0.808 bits per heavy atom. The molecule has 4 rings (SSSR count). The van der Waals surface area contributed by atoms with Crippen LogP contribution in [-0.4, -0.2) is 46.1 Å². The maximum absolute atomic E-state index is 12.8. The van der Waals surface area contributed by atoms with E-state index in [0.717, 1.165) is 23.9 Å². The van der Waals surface area contributed by atoms with Crippen LogP contribution in [0.15, 0.2) is 24.8 Å². The van der Waals surface area contributed by atoms with E-state index in [4.69, 9.17) is 0 Å². The molecule has 0 amide bonds. The highest BCUT2D eigenvalue weighted by Crippen LogP contribution is 2.36. The van der Waals surface area contributed by atoms with Crippen LogP contribution in [0.1, 0.15) is 36.6 Å². The van der Waals surface area contributed by atoms with Gasteiger partial charge in [-0.2, -0.15) is 13.2 Å². The summed E-state index contributed by atoms with van der Waals surface area (Å²) in [7, 11) is 0. The Hall–Kier alpha value is -2.45. The third-order valence-corrected chi connectivity index (χ3v) is 5.07. The van der Waals surface area contributed by atoms with Crippen LogP contribution in [0.2, 0.25) is 0 Å². The molecule has 2 aromatic rings. The number of halogens is 3. The zero-order valence-corrected chi connectivity index (χ0v) is 14.2. The minimum atomic E-state index is -4.46. The van der Waals surface area contributed by atoms with Crippen LogP contribution in [0, 0.1) is 0 Å². The fraction of sp³-hybridized carbons (Fsp3) is 0.529. The molecular formula is C17H19F3N6. The number of hydrogen-bond donors (Lipinski definition) is 0. The van der Waals surface area contributed by atoms with Gasteiger partial charge in [0.25, 0.3) is 0 Å². The van der Waals surface area contributed by atoms with Gasteiger partial charge in [-0.15, -0.1) is 0 Å². The second-order valence-electron chi connectivity index (χ2n) is 6.66. The Balaban J connectivity index is 1.43. The second kappa shape index (κ2) is 6.69. The predicted molar refractivity (Wildman–Crippen MR) is 90.1 cm³/mol. The van der Waals surface area contributed by atoms with Crippen molar-refractivity contribution in [1.82, 2.24) is 19.9 Å². The highest BCUT2D eigenvalue weighted by molar-refractivity contribution is 5.46. The number of hydrogen-bond acceptors (Lipinski definition) is 6. The molecule has 2 fully saturated rings. The van der Waals surface area contributed by atoms with Crippen LogP contribution in [0.3, 0.4) is 0 Å². The Labute approximate surface area is 149 Å². The molecule has 0 N–H and O–H groups in total. The summed E-state index contributed by atoms with van der Waals surface area (Å²) >= 11 is 0. The average Bonchev–Trinajstić information content (AvgIpc) is 2.60. The van der Waals surface area contributed by atoms with Crippen LogP contribution in [0.25, 0.3) is 0 Å². The SMILES string of the molecule is FC(F)(F)c1cc(N2CCN(c3cc(C4CCC4)ncn3)CC2)ncn1. The molecule has 3 heterocycles. The first kappa shape index (κ1) is 17.0. The van der Waals surface area contributed by atoms with Gasteiger partial charge in [0.1, 0.15) is 30.0 Å². The maximum Gasteiger partial charge on any atom is 0.433 e. The summed E-state index contributed by atoms with van der Waals surface area (Å²) in [5, 5.41) is 0. The van der Waals surface area contributed by atoms with Gasteiger partial charge >= 0.3 is 6.18 Å². The molecule has 26 heavy (non-hydrogen) atoms. The number of alkyl halides is 3. The Morgan fingerprint density at radius 2 is 1.38 bits per heavy atom. The smallest absolute Gasteiger partial charge is 0.353 e. The summed E-state index contributed by atoms with van der Waals surface area (Å²) in [6.07, 6.45) is 1.73. The van der Waals surface area contributed by atoms with E-state index in [0.29, 0.717) is 37.9 Å². The van der Waals surface area contributed by atoms with Crippen molar-refractivity contribution < 1.29 is 13.2 Å². The summed E-state index contributed by atoms with van der Waals surface area (Å²) in [4.78, 5) is 20.1. The molecular weight excluding hydrogens is 345 g/mol. The minimum Gasteiger partial charge on any atom is -0.353 e. The topological polar surface area (TPSA) is 58.0 Å². The molecule has 1 aliphatic carbocycles. The molecule has 2 aliphatic rings. The number of nitrogens with zero attached hydrogens (tertiary/aromatic N) is 6. The maximum atomic E-state index is 12.8. The zero-order valence-electron chi connectivity index (χ0n) is 14.2. The minimum absolute atomic E-state index is 0.310. The molecule has 0 unspecified atom stereocenters. The fourth-order valence-electron chi connectivity index (χ4n) is 3.30. The van der Waals surface area contributed by atoms with Crippen LogP contribution in [0.4, 0.5) is 24.8 Å². The van der Waals surface area contributed by atoms with Crippen molar-refractivity contribution in [3.8, 4) is 0 Å². The van der Waals surface area contributed by atoms with Crippen LogP contribution in [-0.2, 0) is 6.18 Å². The lowest BCUT2D eigenvalue weighted by Gasteiger charge is -2.36. The highest BCUT2D eigenvalue weighted by Gasteiger charge is 2.33. The van der Waals surface area contributed by atoms with Crippen molar-refractivity contribution >= 4 is 11.6 Å². The number of anilines is 2. The van der Waals surface area contributed by atoms with Crippen molar-refractivity contribution in [2.24, 2.45) is 0 Å². The fourth-order valence-corrected chi connectivity index (χ4v) is 3.30. The van der Waals surface area contributed by atoms with Crippen LogP contribution < -0.4 is 9.80 Å². The molecule has 138 valence electrons. The van der Waals surface area contributed by atoms with E-state index in [-0.39, 0.29) is 0 Å². The van der Waals surface area contributed by atoms with Gasteiger partial charge in [-0.3, -0.25) is 0 Å². The molecule has 1 saturated heterocycles. The summed E-state index contributed by atoms with van der Waals surface area (Å²) in [5.41, 5.74) is 0.181. The van der Waals surface area contributed by atoms with E-state index in [1.165, 1.54) is 19.3 Å². The monoisotopic (exact) mass is 364 g/mol. The molecule has 0 atom stereocenters. The molecule has 9 heteroatoms. The molecule has 0 radical (unpaired) electrons. The van der Waals surface area contributed by atoms with Gasteiger partial charge in [0.2, 0.25) is 0 Å². The molecule has 6 nitrogen and oxygen atoms in total. The second-order valence-corrected chi connectivity index (χ2v) is 6.66. The predicted octanol–water partition coefficient (Wildman–Crippen LogP) is 2.88. The van der Waals surface area contributed by atoms with Gasteiger partial charge in [0, 0.05) is 49.9 Å². The largest absolute Gasteiger partial charge is 0.433 e. The van der Waals surface area contributed by atoms with Gasteiger partial charge in [-0.25, -0.2) is 19.9 Å². The first-order valence-corrected chi connectivity index (χ1v) is 8.72. The zero-order chi connectivity index (χ0) is 18.1. The summed E-state index contributed by atoms with van der Waals surface area (Å²) in [5.74, 6) is 1.74. The lowest BCUT2D eigenvalue weighted by atomic mass is 9.83. The Morgan fingerprint density at radius 3 is 1.92 bits per heavy atom. The van der Waals surface area contributed by atoms with E-state index < -0.39 is 11.9 Å². The first-order valence-electron chi connectivity index (χ1n) is 8.72. The molecule has 0 aromatic carbocycles. The summed E-state index contributed by atoms with van der Waals surface area (Å²) in [6.45, 7) is 2.51. The van der Waals surface area contributed by atoms with Gasteiger partial charge in [0.05, 0.1) is 0 Å².